The molecule has 1 saturated carbocycles. The lowest BCUT2D eigenvalue weighted by atomic mass is 10.0. The van der Waals surface area contributed by atoms with Crippen molar-refractivity contribution in [3.63, 3.8) is 0 Å². The van der Waals surface area contributed by atoms with Gasteiger partial charge in [-0.25, -0.2) is 0 Å². The van der Waals surface area contributed by atoms with E-state index in [1.165, 1.54) is 23.8 Å². The monoisotopic (exact) mass is 213 g/mol. The molecular formula is C14H15NO. The summed E-state index contributed by atoms with van der Waals surface area (Å²) in [5.41, 5.74) is 2.23. The average Bonchev–Trinajstić information content (AvgIpc) is 3.13. The Labute approximate surface area is 94.9 Å². The molecule has 1 unspecified atom stereocenters. The van der Waals surface area contributed by atoms with E-state index in [1.807, 2.05) is 30.5 Å². The number of para-hydroxylation sites is 1. The Hall–Kier alpha value is -1.41. The first-order valence-electron chi connectivity index (χ1n) is 5.85. The molecule has 1 aromatic heterocycles. The normalized spacial score (nSPS) is 17.6. The van der Waals surface area contributed by atoms with Crippen molar-refractivity contribution in [2.45, 2.75) is 25.4 Å². The van der Waals surface area contributed by atoms with Gasteiger partial charge < -0.3 is 5.11 Å². The number of hydrogen-bond acceptors (Lipinski definition) is 2. The standard InChI is InChI=1S/C14H15NO/c16-14(10-5-6-10)9-11-7-8-15-13-4-2-1-3-12(11)13/h1-4,7-8,10,14,16H,5-6,9H2. The van der Waals surface area contributed by atoms with Gasteiger partial charge in [0.05, 0.1) is 11.6 Å². The topological polar surface area (TPSA) is 33.1 Å². The fourth-order valence-corrected chi connectivity index (χ4v) is 2.21. The Kier molecular flexibility index (Phi) is 2.37. The molecule has 1 aliphatic carbocycles. The van der Waals surface area contributed by atoms with E-state index in [9.17, 15) is 5.11 Å². The quantitative estimate of drug-likeness (QED) is 0.850. The van der Waals surface area contributed by atoms with Gasteiger partial charge in [0.1, 0.15) is 0 Å². The highest BCUT2D eigenvalue weighted by Gasteiger charge is 2.29. The Bertz CT molecular complexity index is 500. The zero-order chi connectivity index (χ0) is 11.0. The van der Waals surface area contributed by atoms with Crippen LogP contribution < -0.4 is 0 Å². The van der Waals surface area contributed by atoms with Gasteiger partial charge in [0.25, 0.3) is 0 Å². The fourth-order valence-electron chi connectivity index (χ4n) is 2.21. The molecular weight excluding hydrogens is 198 g/mol. The summed E-state index contributed by atoms with van der Waals surface area (Å²) >= 11 is 0. The molecule has 0 amide bonds. The third kappa shape index (κ3) is 1.81. The van der Waals surface area contributed by atoms with Gasteiger partial charge in [0, 0.05) is 11.6 Å². The zero-order valence-corrected chi connectivity index (χ0v) is 9.13. The third-order valence-electron chi connectivity index (χ3n) is 3.33. The highest BCUT2D eigenvalue weighted by atomic mass is 16.3. The number of hydrogen-bond donors (Lipinski definition) is 1. The van der Waals surface area contributed by atoms with Gasteiger partial charge in [-0.1, -0.05) is 18.2 Å². The van der Waals surface area contributed by atoms with Crippen LogP contribution in [0.15, 0.2) is 36.5 Å². The predicted molar refractivity (Wildman–Crippen MR) is 64.2 cm³/mol. The lowest BCUT2D eigenvalue weighted by molar-refractivity contribution is 0.152. The lowest BCUT2D eigenvalue weighted by Gasteiger charge is -2.10. The summed E-state index contributed by atoms with van der Waals surface area (Å²) in [6, 6.07) is 10.1. The van der Waals surface area contributed by atoms with Crippen LogP contribution in [0.4, 0.5) is 0 Å². The first kappa shape index (κ1) is 9.79. The molecule has 1 heterocycles. The molecule has 3 rings (SSSR count). The van der Waals surface area contributed by atoms with E-state index in [2.05, 4.69) is 11.1 Å². The Balaban J connectivity index is 1.95. The SMILES string of the molecule is OC(Cc1ccnc2ccccc12)C1CC1. The molecule has 1 aromatic carbocycles. The first-order chi connectivity index (χ1) is 7.84. The van der Waals surface area contributed by atoms with Crippen molar-refractivity contribution < 1.29 is 5.11 Å². The molecule has 2 nitrogen and oxygen atoms in total. The van der Waals surface area contributed by atoms with E-state index in [4.69, 9.17) is 0 Å². The van der Waals surface area contributed by atoms with Crippen LogP contribution in [0.2, 0.25) is 0 Å². The number of aliphatic hydroxyl groups excluding tert-OH is 1. The van der Waals surface area contributed by atoms with E-state index in [0.29, 0.717) is 5.92 Å². The summed E-state index contributed by atoms with van der Waals surface area (Å²) < 4.78 is 0. The van der Waals surface area contributed by atoms with Gasteiger partial charge >= 0.3 is 0 Å². The molecule has 2 heteroatoms. The molecule has 16 heavy (non-hydrogen) atoms. The third-order valence-corrected chi connectivity index (χ3v) is 3.33. The molecule has 0 radical (unpaired) electrons. The van der Waals surface area contributed by atoms with E-state index in [1.54, 1.807) is 0 Å². The van der Waals surface area contributed by atoms with Crippen LogP contribution in [0.5, 0.6) is 0 Å². The second kappa shape index (κ2) is 3.87. The average molecular weight is 213 g/mol. The smallest absolute Gasteiger partial charge is 0.0704 e. The molecule has 0 spiro atoms. The van der Waals surface area contributed by atoms with Crippen LogP contribution in [0.3, 0.4) is 0 Å². The lowest BCUT2D eigenvalue weighted by Crippen LogP contribution is -2.12. The second-order valence-electron chi connectivity index (χ2n) is 4.60. The van der Waals surface area contributed by atoms with Crippen LogP contribution in [0.1, 0.15) is 18.4 Å². The maximum absolute atomic E-state index is 9.98. The second-order valence-corrected chi connectivity index (χ2v) is 4.60. The molecule has 2 aromatic rings. The van der Waals surface area contributed by atoms with Crippen molar-refractivity contribution in [1.82, 2.24) is 4.98 Å². The van der Waals surface area contributed by atoms with Gasteiger partial charge in [0.2, 0.25) is 0 Å². The number of fused-ring (bicyclic) bond motifs is 1. The summed E-state index contributed by atoms with van der Waals surface area (Å²) in [6.45, 7) is 0. The number of nitrogens with zero attached hydrogens (tertiary/aromatic N) is 1. The Morgan fingerprint density at radius 1 is 1.25 bits per heavy atom. The summed E-state index contributed by atoms with van der Waals surface area (Å²) in [5, 5.41) is 11.2. The number of benzene rings is 1. The van der Waals surface area contributed by atoms with Gasteiger partial charge in [-0.15, -0.1) is 0 Å². The number of aliphatic hydroxyl groups is 1. The van der Waals surface area contributed by atoms with E-state index >= 15 is 0 Å². The minimum Gasteiger partial charge on any atom is -0.392 e. The maximum atomic E-state index is 9.98. The first-order valence-corrected chi connectivity index (χ1v) is 5.85. The van der Waals surface area contributed by atoms with Crippen LogP contribution in [0, 0.1) is 5.92 Å². The van der Waals surface area contributed by atoms with Crippen molar-refractivity contribution in [2.24, 2.45) is 5.92 Å². The Morgan fingerprint density at radius 2 is 2.06 bits per heavy atom. The van der Waals surface area contributed by atoms with Crippen molar-refractivity contribution in [1.29, 1.82) is 0 Å². The van der Waals surface area contributed by atoms with Gasteiger partial charge in [-0.2, -0.15) is 0 Å². The van der Waals surface area contributed by atoms with Crippen molar-refractivity contribution in [3.05, 3.63) is 42.1 Å². The minimum absolute atomic E-state index is 0.175. The molecule has 1 fully saturated rings. The fraction of sp³-hybridized carbons (Fsp3) is 0.357. The number of pyridine rings is 1. The maximum Gasteiger partial charge on any atom is 0.0704 e. The number of aromatic nitrogens is 1. The Morgan fingerprint density at radius 3 is 2.88 bits per heavy atom. The van der Waals surface area contributed by atoms with Gasteiger partial charge in [-0.05, 0) is 42.9 Å². The molecule has 1 aliphatic rings. The van der Waals surface area contributed by atoms with Crippen molar-refractivity contribution >= 4 is 10.9 Å². The summed E-state index contributed by atoms with van der Waals surface area (Å²) in [5.74, 6) is 0.534. The van der Waals surface area contributed by atoms with E-state index < -0.39 is 0 Å². The van der Waals surface area contributed by atoms with Crippen molar-refractivity contribution in [3.8, 4) is 0 Å². The largest absolute Gasteiger partial charge is 0.392 e. The molecule has 82 valence electrons. The van der Waals surface area contributed by atoms with Crippen LogP contribution in [-0.2, 0) is 6.42 Å². The van der Waals surface area contributed by atoms with Gasteiger partial charge in [0.15, 0.2) is 0 Å². The molecule has 0 saturated heterocycles. The molecule has 1 N–H and O–H groups in total. The predicted octanol–water partition coefficient (Wildman–Crippen LogP) is 2.55. The zero-order valence-electron chi connectivity index (χ0n) is 9.13. The molecule has 0 aliphatic heterocycles. The van der Waals surface area contributed by atoms with Crippen LogP contribution >= 0.6 is 0 Å². The highest BCUT2D eigenvalue weighted by Crippen LogP contribution is 2.34. The summed E-state index contributed by atoms with van der Waals surface area (Å²) in [7, 11) is 0. The van der Waals surface area contributed by atoms with E-state index in [-0.39, 0.29) is 6.10 Å². The van der Waals surface area contributed by atoms with E-state index in [0.717, 1.165) is 11.9 Å². The highest BCUT2D eigenvalue weighted by molar-refractivity contribution is 5.81. The minimum atomic E-state index is -0.175. The van der Waals surface area contributed by atoms with Crippen molar-refractivity contribution in [2.75, 3.05) is 0 Å². The van der Waals surface area contributed by atoms with Crippen LogP contribution in [0.25, 0.3) is 10.9 Å². The molecule has 1 atom stereocenters. The van der Waals surface area contributed by atoms with Crippen LogP contribution in [-0.4, -0.2) is 16.2 Å². The molecule has 0 bridgehead atoms. The summed E-state index contributed by atoms with van der Waals surface area (Å²) in [6.07, 6.45) is 4.78. The summed E-state index contributed by atoms with van der Waals surface area (Å²) in [4.78, 5) is 4.33. The van der Waals surface area contributed by atoms with Gasteiger partial charge in [-0.3, -0.25) is 4.98 Å². The number of rotatable bonds is 3.